The number of carbonyl (C=O) groups is 1. The van der Waals surface area contributed by atoms with E-state index in [-0.39, 0.29) is 12.5 Å². The standard InChI is InChI=1S/C18H23NO2/c1-14-9-10-15(8-5-11-20)12-17(14)18(21)19-13-16-6-3-2-4-7-16/h9-10,12,16,20H,2-4,6-7,11,13H2,1H3,(H,19,21). The van der Waals surface area contributed by atoms with Crippen LogP contribution in [0, 0.1) is 24.7 Å². The molecule has 0 aliphatic heterocycles. The first-order valence-electron chi connectivity index (χ1n) is 7.69. The quantitative estimate of drug-likeness (QED) is 0.839. The molecule has 1 aromatic carbocycles. The van der Waals surface area contributed by atoms with Crippen molar-refractivity contribution < 1.29 is 9.90 Å². The highest BCUT2D eigenvalue weighted by molar-refractivity contribution is 5.96. The van der Waals surface area contributed by atoms with Gasteiger partial charge in [0.1, 0.15) is 6.61 Å². The zero-order valence-corrected chi connectivity index (χ0v) is 12.6. The predicted molar refractivity (Wildman–Crippen MR) is 84.1 cm³/mol. The summed E-state index contributed by atoms with van der Waals surface area (Å²) in [4.78, 5) is 12.3. The summed E-state index contributed by atoms with van der Waals surface area (Å²) in [6.07, 6.45) is 6.34. The first kappa shape index (κ1) is 15.6. The molecule has 0 aromatic heterocycles. The summed E-state index contributed by atoms with van der Waals surface area (Å²) in [5, 5.41) is 11.8. The minimum atomic E-state index is -0.170. The Hall–Kier alpha value is -1.79. The molecule has 0 spiro atoms. The van der Waals surface area contributed by atoms with E-state index < -0.39 is 0 Å². The number of hydrogen-bond acceptors (Lipinski definition) is 2. The average Bonchev–Trinajstić information content (AvgIpc) is 2.53. The fourth-order valence-electron chi connectivity index (χ4n) is 2.81. The maximum Gasteiger partial charge on any atom is 0.251 e. The number of aliphatic hydroxyl groups excluding tert-OH is 1. The van der Waals surface area contributed by atoms with Crippen molar-refractivity contribution in [2.24, 2.45) is 5.92 Å². The van der Waals surface area contributed by atoms with Crippen molar-refractivity contribution in [2.75, 3.05) is 13.2 Å². The molecular weight excluding hydrogens is 262 g/mol. The van der Waals surface area contributed by atoms with Crippen LogP contribution in [0.15, 0.2) is 18.2 Å². The van der Waals surface area contributed by atoms with Gasteiger partial charge in [0.15, 0.2) is 0 Å². The van der Waals surface area contributed by atoms with Crippen LogP contribution in [-0.2, 0) is 0 Å². The average molecular weight is 285 g/mol. The van der Waals surface area contributed by atoms with Crippen molar-refractivity contribution in [3.63, 3.8) is 0 Å². The van der Waals surface area contributed by atoms with E-state index in [1.807, 2.05) is 19.1 Å². The van der Waals surface area contributed by atoms with Crippen LogP contribution in [0.2, 0.25) is 0 Å². The van der Waals surface area contributed by atoms with Crippen molar-refractivity contribution in [3.8, 4) is 11.8 Å². The minimum Gasteiger partial charge on any atom is -0.384 e. The second kappa shape index (κ2) is 7.85. The largest absolute Gasteiger partial charge is 0.384 e. The summed E-state index contributed by atoms with van der Waals surface area (Å²) < 4.78 is 0. The summed E-state index contributed by atoms with van der Waals surface area (Å²) in [7, 11) is 0. The van der Waals surface area contributed by atoms with Crippen molar-refractivity contribution >= 4 is 5.91 Å². The Morgan fingerprint density at radius 2 is 2.10 bits per heavy atom. The van der Waals surface area contributed by atoms with Crippen LogP contribution < -0.4 is 5.32 Å². The Kier molecular flexibility index (Phi) is 5.83. The van der Waals surface area contributed by atoms with E-state index in [1.165, 1.54) is 32.1 Å². The van der Waals surface area contributed by atoms with Crippen LogP contribution in [-0.4, -0.2) is 24.2 Å². The van der Waals surface area contributed by atoms with Gasteiger partial charge in [-0.25, -0.2) is 0 Å². The SMILES string of the molecule is Cc1ccc(C#CCO)cc1C(=O)NCC1CCCCC1. The number of nitrogens with one attached hydrogen (secondary N) is 1. The van der Waals surface area contributed by atoms with Gasteiger partial charge in [0.25, 0.3) is 5.91 Å². The van der Waals surface area contributed by atoms with Crippen molar-refractivity contribution in [3.05, 3.63) is 34.9 Å². The molecule has 0 atom stereocenters. The van der Waals surface area contributed by atoms with Gasteiger partial charge in [-0.1, -0.05) is 37.2 Å². The molecule has 2 rings (SSSR count). The van der Waals surface area contributed by atoms with Gasteiger partial charge in [-0.3, -0.25) is 4.79 Å². The van der Waals surface area contributed by atoms with Gasteiger partial charge in [-0.2, -0.15) is 0 Å². The number of amides is 1. The van der Waals surface area contributed by atoms with Crippen LogP contribution in [0.25, 0.3) is 0 Å². The van der Waals surface area contributed by atoms with Crippen LogP contribution in [0.1, 0.15) is 53.6 Å². The Morgan fingerprint density at radius 3 is 2.81 bits per heavy atom. The third-order valence-electron chi connectivity index (χ3n) is 4.07. The molecule has 3 heteroatoms. The number of hydrogen-bond donors (Lipinski definition) is 2. The molecule has 21 heavy (non-hydrogen) atoms. The molecule has 1 saturated carbocycles. The molecule has 0 heterocycles. The van der Waals surface area contributed by atoms with Gasteiger partial charge in [0.2, 0.25) is 0 Å². The highest BCUT2D eigenvalue weighted by atomic mass is 16.2. The third kappa shape index (κ3) is 4.61. The molecular formula is C18H23NO2. The molecule has 1 amide bonds. The maximum atomic E-state index is 12.3. The fourth-order valence-corrected chi connectivity index (χ4v) is 2.81. The lowest BCUT2D eigenvalue weighted by atomic mass is 9.89. The topological polar surface area (TPSA) is 49.3 Å². The van der Waals surface area contributed by atoms with Crippen molar-refractivity contribution in [1.82, 2.24) is 5.32 Å². The van der Waals surface area contributed by atoms with Crippen molar-refractivity contribution in [1.29, 1.82) is 0 Å². The lowest BCUT2D eigenvalue weighted by molar-refractivity contribution is 0.0943. The first-order chi connectivity index (χ1) is 10.2. The van der Waals surface area contributed by atoms with Crippen LogP contribution in [0.4, 0.5) is 0 Å². The molecule has 0 unspecified atom stereocenters. The Labute approximate surface area is 126 Å². The van der Waals surface area contributed by atoms with E-state index in [2.05, 4.69) is 17.2 Å². The molecule has 0 saturated heterocycles. The van der Waals surface area contributed by atoms with Gasteiger partial charge in [0, 0.05) is 17.7 Å². The van der Waals surface area contributed by atoms with E-state index in [4.69, 9.17) is 5.11 Å². The van der Waals surface area contributed by atoms with Crippen LogP contribution in [0.3, 0.4) is 0 Å². The Bertz CT molecular complexity index is 548. The molecule has 1 aliphatic carbocycles. The molecule has 2 N–H and O–H groups in total. The lowest BCUT2D eigenvalue weighted by Gasteiger charge is -2.21. The van der Waals surface area contributed by atoms with E-state index in [0.29, 0.717) is 11.5 Å². The normalized spacial score (nSPS) is 15.1. The van der Waals surface area contributed by atoms with Crippen LogP contribution >= 0.6 is 0 Å². The Morgan fingerprint density at radius 1 is 1.33 bits per heavy atom. The number of benzene rings is 1. The van der Waals surface area contributed by atoms with E-state index in [1.54, 1.807) is 6.07 Å². The van der Waals surface area contributed by atoms with Gasteiger partial charge in [0.05, 0.1) is 0 Å². The summed E-state index contributed by atoms with van der Waals surface area (Å²) in [5.74, 6) is 6.05. The van der Waals surface area contributed by atoms with E-state index >= 15 is 0 Å². The molecule has 1 aromatic rings. The zero-order chi connectivity index (χ0) is 15.1. The van der Waals surface area contributed by atoms with Gasteiger partial charge < -0.3 is 10.4 Å². The smallest absolute Gasteiger partial charge is 0.251 e. The second-order valence-electron chi connectivity index (χ2n) is 5.70. The van der Waals surface area contributed by atoms with Crippen LogP contribution in [0.5, 0.6) is 0 Å². The molecule has 0 bridgehead atoms. The number of aliphatic hydroxyl groups is 1. The van der Waals surface area contributed by atoms with Crippen molar-refractivity contribution in [2.45, 2.75) is 39.0 Å². The third-order valence-corrected chi connectivity index (χ3v) is 4.07. The van der Waals surface area contributed by atoms with Gasteiger partial charge in [-0.15, -0.1) is 0 Å². The monoisotopic (exact) mass is 285 g/mol. The summed E-state index contributed by atoms with van der Waals surface area (Å²) in [6, 6.07) is 5.57. The first-order valence-corrected chi connectivity index (χ1v) is 7.69. The highest BCUT2D eigenvalue weighted by Crippen LogP contribution is 2.23. The molecule has 112 valence electrons. The number of carbonyl (C=O) groups excluding carboxylic acids is 1. The minimum absolute atomic E-state index is 0.0225. The maximum absolute atomic E-state index is 12.3. The highest BCUT2D eigenvalue weighted by Gasteiger charge is 2.15. The van der Waals surface area contributed by atoms with E-state index in [9.17, 15) is 4.79 Å². The summed E-state index contributed by atoms with van der Waals surface area (Å²) in [5.41, 5.74) is 2.39. The van der Waals surface area contributed by atoms with Gasteiger partial charge in [-0.05, 0) is 43.4 Å². The fraction of sp³-hybridized carbons (Fsp3) is 0.500. The number of aryl methyl sites for hydroxylation is 1. The predicted octanol–water partition coefficient (Wildman–Crippen LogP) is 2.65. The molecule has 0 radical (unpaired) electrons. The Balaban J connectivity index is 2.00. The zero-order valence-electron chi connectivity index (χ0n) is 12.6. The lowest BCUT2D eigenvalue weighted by Crippen LogP contribution is -2.30. The summed E-state index contributed by atoms with van der Waals surface area (Å²) >= 11 is 0. The van der Waals surface area contributed by atoms with E-state index in [0.717, 1.165) is 17.7 Å². The summed E-state index contributed by atoms with van der Waals surface area (Å²) in [6.45, 7) is 2.53. The molecule has 1 aliphatic rings. The second-order valence-corrected chi connectivity index (χ2v) is 5.70. The number of rotatable bonds is 3. The van der Waals surface area contributed by atoms with Gasteiger partial charge >= 0.3 is 0 Å². The molecule has 1 fully saturated rings. The molecule has 3 nitrogen and oxygen atoms in total.